The molecule has 0 unspecified atom stereocenters. The fourth-order valence-electron chi connectivity index (χ4n) is 1.17. The van der Waals surface area contributed by atoms with E-state index in [2.05, 4.69) is 10.2 Å². The Hall–Kier alpha value is -1.60. The molecule has 0 aliphatic carbocycles. The van der Waals surface area contributed by atoms with E-state index in [4.69, 9.17) is 15.9 Å². The van der Waals surface area contributed by atoms with E-state index >= 15 is 0 Å². The first-order valence-corrected chi connectivity index (χ1v) is 4.51. The van der Waals surface area contributed by atoms with E-state index in [1.54, 1.807) is 0 Å². The highest BCUT2D eigenvalue weighted by Crippen LogP contribution is 2.04. The van der Waals surface area contributed by atoms with Crippen molar-refractivity contribution in [1.29, 1.82) is 0 Å². The summed E-state index contributed by atoms with van der Waals surface area (Å²) in [5.74, 6) is -0.117. The number of nitrogens with two attached hydrogens (primary N) is 1. The quantitative estimate of drug-likeness (QED) is 0.472. The minimum absolute atomic E-state index is 0.157. The minimum Gasteiger partial charge on any atom is -0.395 e. The second-order valence-corrected chi connectivity index (χ2v) is 2.95. The van der Waals surface area contributed by atoms with Crippen molar-refractivity contribution in [3.63, 3.8) is 0 Å². The Morgan fingerprint density at radius 1 is 1.47 bits per heavy atom. The van der Waals surface area contributed by atoms with Gasteiger partial charge in [0, 0.05) is 19.2 Å². The number of H-pyrrole nitrogens is 1. The zero-order valence-electron chi connectivity index (χ0n) is 8.18. The Morgan fingerprint density at radius 3 is 2.47 bits per heavy atom. The zero-order valence-corrected chi connectivity index (χ0v) is 8.18. The lowest BCUT2D eigenvalue weighted by molar-refractivity contribution is 0.0679. The molecular formula is C8H14N4O3. The summed E-state index contributed by atoms with van der Waals surface area (Å²) >= 11 is 0. The number of aliphatic hydroxyl groups is 2. The van der Waals surface area contributed by atoms with Crippen LogP contribution in [0.25, 0.3) is 0 Å². The van der Waals surface area contributed by atoms with E-state index in [1.807, 2.05) is 0 Å². The third-order valence-corrected chi connectivity index (χ3v) is 1.86. The van der Waals surface area contributed by atoms with Gasteiger partial charge < -0.3 is 20.8 Å². The largest absolute Gasteiger partial charge is 0.395 e. The molecule has 0 spiro atoms. The van der Waals surface area contributed by atoms with E-state index in [1.165, 1.54) is 11.0 Å². The molecule has 7 heteroatoms. The van der Waals surface area contributed by atoms with Gasteiger partial charge in [-0.25, -0.2) is 0 Å². The molecule has 5 N–H and O–H groups in total. The van der Waals surface area contributed by atoms with Gasteiger partial charge in [0.05, 0.1) is 13.2 Å². The summed E-state index contributed by atoms with van der Waals surface area (Å²) in [6.07, 6.45) is 0. The van der Waals surface area contributed by atoms with Crippen LogP contribution in [-0.4, -0.2) is 57.5 Å². The van der Waals surface area contributed by atoms with E-state index in [0.717, 1.165) is 0 Å². The van der Waals surface area contributed by atoms with Crippen molar-refractivity contribution in [2.45, 2.75) is 0 Å². The molecule has 15 heavy (non-hydrogen) atoms. The Labute approximate surface area is 86.5 Å². The molecule has 0 bridgehead atoms. The molecule has 0 aromatic carbocycles. The predicted molar refractivity (Wildman–Crippen MR) is 53.1 cm³/mol. The first-order chi connectivity index (χ1) is 7.19. The van der Waals surface area contributed by atoms with Crippen molar-refractivity contribution < 1.29 is 15.0 Å². The van der Waals surface area contributed by atoms with Crippen LogP contribution >= 0.6 is 0 Å². The van der Waals surface area contributed by atoms with Crippen LogP contribution in [0.5, 0.6) is 0 Å². The van der Waals surface area contributed by atoms with Crippen molar-refractivity contribution >= 4 is 11.7 Å². The molecule has 0 aliphatic rings. The molecule has 84 valence electrons. The maximum Gasteiger partial charge on any atom is 0.272 e. The van der Waals surface area contributed by atoms with E-state index in [-0.39, 0.29) is 43.7 Å². The third-order valence-electron chi connectivity index (χ3n) is 1.86. The Balaban J connectivity index is 2.71. The van der Waals surface area contributed by atoms with Crippen molar-refractivity contribution in [3.05, 3.63) is 11.8 Å². The maximum absolute atomic E-state index is 11.7. The van der Waals surface area contributed by atoms with Gasteiger partial charge in [-0.15, -0.1) is 0 Å². The number of carbonyl (C=O) groups excluding carboxylic acids is 1. The van der Waals surface area contributed by atoms with Crippen LogP contribution in [0.3, 0.4) is 0 Å². The molecule has 0 fully saturated rings. The second-order valence-electron chi connectivity index (χ2n) is 2.95. The van der Waals surface area contributed by atoms with Crippen LogP contribution in [0.15, 0.2) is 6.07 Å². The standard InChI is InChI=1S/C8H14N4O3/c9-7-5-6(10-11-7)8(15)12(1-3-13)2-4-14/h5,13-14H,1-4H2,(H3,9,10,11). The van der Waals surface area contributed by atoms with Gasteiger partial charge in [0.15, 0.2) is 0 Å². The number of nitrogen functional groups attached to an aromatic ring is 1. The van der Waals surface area contributed by atoms with Crippen molar-refractivity contribution in [2.24, 2.45) is 0 Å². The maximum atomic E-state index is 11.7. The van der Waals surface area contributed by atoms with Crippen LogP contribution in [0.4, 0.5) is 5.82 Å². The lowest BCUT2D eigenvalue weighted by Gasteiger charge is -2.19. The highest BCUT2D eigenvalue weighted by atomic mass is 16.3. The van der Waals surface area contributed by atoms with Gasteiger partial charge in [-0.3, -0.25) is 9.89 Å². The topological polar surface area (TPSA) is 115 Å². The zero-order chi connectivity index (χ0) is 11.3. The molecule has 0 saturated carbocycles. The molecule has 0 aliphatic heterocycles. The average Bonchev–Trinajstić information content (AvgIpc) is 2.63. The summed E-state index contributed by atoms with van der Waals surface area (Å²) in [6, 6.07) is 1.41. The first-order valence-electron chi connectivity index (χ1n) is 4.51. The number of anilines is 1. The smallest absolute Gasteiger partial charge is 0.272 e. The number of hydrogen-bond acceptors (Lipinski definition) is 5. The molecule has 1 rings (SSSR count). The molecule has 1 aromatic rings. The van der Waals surface area contributed by atoms with Gasteiger partial charge in [0.25, 0.3) is 5.91 Å². The van der Waals surface area contributed by atoms with Crippen LogP contribution in [-0.2, 0) is 0 Å². The Bertz CT molecular complexity index is 319. The van der Waals surface area contributed by atoms with Crippen LogP contribution in [0.2, 0.25) is 0 Å². The SMILES string of the molecule is Nc1cc(C(=O)N(CCO)CCO)[nH]n1. The molecule has 7 nitrogen and oxygen atoms in total. The van der Waals surface area contributed by atoms with Crippen molar-refractivity contribution in [2.75, 3.05) is 32.0 Å². The predicted octanol–water partition coefficient (Wildman–Crippen LogP) is -1.58. The summed E-state index contributed by atoms with van der Waals surface area (Å²) in [4.78, 5) is 13.0. The first kappa shape index (κ1) is 11.5. The summed E-state index contributed by atoms with van der Waals surface area (Å²) < 4.78 is 0. The normalized spacial score (nSPS) is 10.3. The molecule has 0 radical (unpaired) electrons. The summed E-state index contributed by atoms with van der Waals surface area (Å²) in [5, 5.41) is 23.6. The van der Waals surface area contributed by atoms with Gasteiger partial charge in [-0.2, -0.15) is 5.10 Å². The van der Waals surface area contributed by atoms with Gasteiger partial charge in [-0.05, 0) is 0 Å². The van der Waals surface area contributed by atoms with Crippen LogP contribution in [0.1, 0.15) is 10.5 Å². The summed E-state index contributed by atoms with van der Waals surface area (Å²) in [5.41, 5.74) is 5.60. The Morgan fingerprint density at radius 2 is 2.07 bits per heavy atom. The average molecular weight is 214 g/mol. The van der Waals surface area contributed by atoms with E-state index in [9.17, 15) is 4.79 Å². The monoisotopic (exact) mass is 214 g/mol. The molecule has 1 heterocycles. The summed E-state index contributed by atoms with van der Waals surface area (Å²) in [6.45, 7) is 0.0152. The fourth-order valence-corrected chi connectivity index (χ4v) is 1.17. The number of nitrogens with one attached hydrogen (secondary N) is 1. The second kappa shape index (κ2) is 5.32. The fraction of sp³-hybridized carbons (Fsp3) is 0.500. The highest BCUT2D eigenvalue weighted by molar-refractivity contribution is 5.92. The number of carbonyl (C=O) groups is 1. The minimum atomic E-state index is -0.345. The number of aromatic amines is 1. The third kappa shape index (κ3) is 2.93. The van der Waals surface area contributed by atoms with Gasteiger partial charge in [0.2, 0.25) is 0 Å². The molecule has 1 aromatic heterocycles. The van der Waals surface area contributed by atoms with Gasteiger partial charge in [-0.1, -0.05) is 0 Å². The number of amides is 1. The lowest BCUT2D eigenvalue weighted by atomic mass is 10.3. The lowest BCUT2D eigenvalue weighted by Crippen LogP contribution is -2.36. The van der Waals surface area contributed by atoms with Crippen LogP contribution < -0.4 is 5.73 Å². The van der Waals surface area contributed by atoms with E-state index in [0.29, 0.717) is 0 Å². The van der Waals surface area contributed by atoms with Gasteiger partial charge in [0.1, 0.15) is 11.5 Å². The highest BCUT2D eigenvalue weighted by Gasteiger charge is 2.16. The molecule has 0 atom stereocenters. The summed E-state index contributed by atoms with van der Waals surface area (Å²) in [7, 11) is 0. The number of aliphatic hydroxyl groups excluding tert-OH is 2. The molecular weight excluding hydrogens is 200 g/mol. The number of aromatic nitrogens is 2. The number of rotatable bonds is 5. The van der Waals surface area contributed by atoms with Gasteiger partial charge >= 0.3 is 0 Å². The van der Waals surface area contributed by atoms with Crippen molar-refractivity contribution in [3.8, 4) is 0 Å². The number of hydrogen-bond donors (Lipinski definition) is 4. The number of nitrogens with zero attached hydrogens (tertiary/aromatic N) is 2. The van der Waals surface area contributed by atoms with Crippen LogP contribution in [0, 0.1) is 0 Å². The van der Waals surface area contributed by atoms with E-state index < -0.39 is 0 Å². The molecule has 1 amide bonds. The molecule has 0 saturated heterocycles. The Kier molecular flexibility index (Phi) is 4.07. The van der Waals surface area contributed by atoms with Crippen molar-refractivity contribution in [1.82, 2.24) is 15.1 Å².